The standard InChI is InChI=1S/C9H16O4/c1-10-8-6-7(4-5-13-8)9(11-2)12-3/h4-5,7-9H,6H2,1-3H3. The first kappa shape index (κ1) is 10.5. The van der Waals surface area contributed by atoms with E-state index in [0.717, 1.165) is 6.42 Å². The molecule has 0 N–H and O–H groups in total. The van der Waals surface area contributed by atoms with E-state index in [1.165, 1.54) is 0 Å². The molecule has 0 spiro atoms. The molecule has 0 aromatic heterocycles. The molecule has 4 nitrogen and oxygen atoms in total. The lowest BCUT2D eigenvalue weighted by Gasteiger charge is -2.28. The van der Waals surface area contributed by atoms with Gasteiger partial charge in [-0.15, -0.1) is 0 Å². The summed E-state index contributed by atoms with van der Waals surface area (Å²) >= 11 is 0. The molecule has 1 heterocycles. The Kier molecular flexibility index (Phi) is 4.21. The highest BCUT2D eigenvalue weighted by Gasteiger charge is 2.25. The van der Waals surface area contributed by atoms with Crippen molar-refractivity contribution in [3.05, 3.63) is 12.3 Å². The van der Waals surface area contributed by atoms with Gasteiger partial charge in [0, 0.05) is 33.7 Å². The van der Waals surface area contributed by atoms with E-state index in [4.69, 9.17) is 18.9 Å². The molecule has 2 atom stereocenters. The molecule has 0 aromatic carbocycles. The number of hydrogen-bond donors (Lipinski definition) is 0. The predicted octanol–water partition coefficient (Wildman–Crippen LogP) is 1.13. The third-order valence-corrected chi connectivity index (χ3v) is 2.10. The number of ether oxygens (including phenoxy) is 4. The van der Waals surface area contributed by atoms with Crippen molar-refractivity contribution >= 4 is 0 Å². The number of methoxy groups -OCH3 is 3. The maximum atomic E-state index is 5.18. The van der Waals surface area contributed by atoms with Crippen LogP contribution in [0.1, 0.15) is 6.42 Å². The number of hydrogen-bond acceptors (Lipinski definition) is 4. The second-order valence-corrected chi connectivity index (χ2v) is 2.87. The van der Waals surface area contributed by atoms with E-state index in [2.05, 4.69) is 0 Å². The van der Waals surface area contributed by atoms with Crippen molar-refractivity contribution in [2.75, 3.05) is 21.3 Å². The van der Waals surface area contributed by atoms with Gasteiger partial charge in [-0.1, -0.05) is 0 Å². The van der Waals surface area contributed by atoms with Gasteiger partial charge in [0.25, 0.3) is 0 Å². The van der Waals surface area contributed by atoms with Crippen LogP contribution in [0, 0.1) is 5.92 Å². The van der Waals surface area contributed by atoms with Crippen LogP contribution in [0.2, 0.25) is 0 Å². The third-order valence-electron chi connectivity index (χ3n) is 2.10. The molecule has 0 saturated carbocycles. The Balaban J connectivity index is 2.50. The van der Waals surface area contributed by atoms with Gasteiger partial charge in [-0.3, -0.25) is 0 Å². The minimum Gasteiger partial charge on any atom is -0.473 e. The van der Waals surface area contributed by atoms with Crippen molar-refractivity contribution in [1.82, 2.24) is 0 Å². The minimum atomic E-state index is -0.224. The van der Waals surface area contributed by atoms with Crippen LogP contribution in [0.3, 0.4) is 0 Å². The number of rotatable bonds is 4. The second-order valence-electron chi connectivity index (χ2n) is 2.87. The molecule has 76 valence electrons. The Morgan fingerprint density at radius 1 is 1.31 bits per heavy atom. The molecular weight excluding hydrogens is 172 g/mol. The Morgan fingerprint density at radius 2 is 2.00 bits per heavy atom. The topological polar surface area (TPSA) is 36.9 Å². The second kappa shape index (κ2) is 5.21. The van der Waals surface area contributed by atoms with Crippen molar-refractivity contribution in [3.63, 3.8) is 0 Å². The summed E-state index contributed by atoms with van der Waals surface area (Å²) in [5.41, 5.74) is 0. The van der Waals surface area contributed by atoms with Crippen LogP contribution in [0.5, 0.6) is 0 Å². The maximum Gasteiger partial charge on any atom is 0.199 e. The molecule has 0 radical (unpaired) electrons. The van der Waals surface area contributed by atoms with E-state index >= 15 is 0 Å². The summed E-state index contributed by atoms with van der Waals surface area (Å²) in [6.07, 6.45) is 3.89. The lowest BCUT2D eigenvalue weighted by atomic mass is 10.0. The van der Waals surface area contributed by atoms with Crippen molar-refractivity contribution in [3.8, 4) is 0 Å². The van der Waals surface area contributed by atoms with Gasteiger partial charge < -0.3 is 18.9 Å². The molecule has 0 bridgehead atoms. The first-order chi connectivity index (χ1) is 6.31. The molecule has 1 rings (SSSR count). The smallest absolute Gasteiger partial charge is 0.199 e. The van der Waals surface area contributed by atoms with Crippen LogP contribution >= 0.6 is 0 Å². The molecule has 4 heteroatoms. The first-order valence-corrected chi connectivity index (χ1v) is 4.22. The van der Waals surface area contributed by atoms with Crippen LogP contribution < -0.4 is 0 Å². The molecule has 0 saturated heterocycles. The zero-order valence-corrected chi connectivity index (χ0v) is 8.23. The minimum absolute atomic E-state index is 0.189. The van der Waals surface area contributed by atoms with Crippen molar-refractivity contribution in [1.29, 1.82) is 0 Å². The van der Waals surface area contributed by atoms with Gasteiger partial charge in [-0.05, 0) is 6.08 Å². The third kappa shape index (κ3) is 2.69. The van der Waals surface area contributed by atoms with Crippen LogP contribution in [-0.2, 0) is 18.9 Å². The highest BCUT2D eigenvalue weighted by atomic mass is 16.7. The zero-order valence-electron chi connectivity index (χ0n) is 8.23. The van der Waals surface area contributed by atoms with Crippen LogP contribution in [-0.4, -0.2) is 33.9 Å². The van der Waals surface area contributed by atoms with Crippen molar-refractivity contribution in [2.45, 2.75) is 19.0 Å². The fourth-order valence-electron chi connectivity index (χ4n) is 1.39. The maximum absolute atomic E-state index is 5.18. The summed E-state index contributed by atoms with van der Waals surface area (Å²) in [6.45, 7) is 0. The fourth-order valence-corrected chi connectivity index (χ4v) is 1.39. The van der Waals surface area contributed by atoms with Gasteiger partial charge in [0.05, 0.1) is 6.26 Å². The van der Waals surface area contributed by atoms with Gasteiger partial charge in [0.15, 0.2) is 12.6 Å². The van der Waals surface area contributed by atoms with Crippen LogP contribution in [0.4, 0.5) is 0 Å². The summed E-state index contributed by atoms with van der Waals surface area (Å²) < 4.78 is 20.6. The van der Waals surface area contributed by atoms with E-state index in [-0.39, 0.29) is 18.5 Å². The van der Waals surface area contributed by atoms with Crippen LogP contribution in [0.25, 0.3) is 0 Å². The van der Waals surface area contributed by atoms with E-state index in [9.17, 15) is 0 Å². The predicted molar refractivity (Wildman–Crippen MR) is 46.9 cm³/mol. The van der Waals surface area contributed by atoms with Gasteiger partial charge >= 0.3 is 0 Å². The molecule has 0 fully saturated rings. The molecule has 2 unspecified atom stereocenters. The Labute approximate surface area is 78.4 Å². The summed E-state index contributed by atoms with van der Waals surface area (Å²) in [4.78, 5) is 0. The molecular formula is C9H16O4. The van der Waals surface area contributed by atoms with Gasteiger partial charge in [-0.2, -0.15) is 0 Å². The summed E-state index contributed by atoms with van der Waals surface area (Å²) in [7, 11) is 4.87. The largest absolute Gasteiger partial charge is 0.473 e. The highest BCUT2D eigenvalue weighted by molar-refractivity contribution is 4.90. The van der Waals surface area contributed by atoms with E-state index in [0.29, 0.717) is 0 Å². The normalized spacial score (nSPS) is 27.7. The zero-order chi connectivity index (χ0) is 9.68. The molecule has 1 aliphatic heterocycles. The lowest BCUT2D eigenvalue weighted by molar-refractivity contribution is -0.163. The van der Waals surface area contributed by atoms with Crippen LogP contribution in [0.15, 0.2) is 12.3 Å². The molecule has 1 aliphatic rings. The van der Waals surface area contributed by atoms with Gasteiger partial charge in [0.1, 0.15) is 0 Å². The molecule has 0 amide bonds. The monoisotopic (exact) mass is 188 g/mol. The first-order valence-electron chi connectivity index (χ1n) is 4.22. The molecule has 0 aliphatic carbocycles. The van der Waals surface area contributed by atoms with E-state index in [1.54, 1.807) is 27.6 Å². The summed E-state index contributed by atoms with van der Waals surface area (Å²) in [5, 5.41) is 0. The van der Waals surface area contributed by atoms with E-state index < -0.39 is 0 Å². The Morgan fingerprint density at radius 3 is 2.54 bits per heavy atom. The molecule has 0 aromatic rings. The molecule has 13 heavy (non-hydrogen) atoms. The quantitative estimate of drug-likeness (QED) is 0.620. The summed E-state index contributed by atoms with van der Waals surface area (Å²) in [5.74, 6) is 0.189. The lowest BCUT2D eigenvalue weighted by Crippen LogP contribution is -2.30. The van der Waals surface area contributed by atoms with Crippen molar-refractivity contribution < 1.29 is 18.9 Å². The van der Waals surface area contributed by atoms with E-state index in [1.807, 2.05) is 6.08 Å². The fraction of sp³-hybridized carbons (Fsp3) is 0.778. The van der Waals surface area contributed by atoms with Gasteiger partial charge in [0.2, 0.25) is 0 Å². The SMILES string of the molecule is COC1CC(C(OC)OC)C=CO1. The highest BCUT2D eigenvalue weighted by Crippen LogP contribution is 2.22. The average molecular weight is 188 g/mol. The average Bonchev–Trinajstić information content (AvgIpc) is 2.20. The Hall–Kier alpha value is -0.580. The summed E-state index contributed by atoms with van der Waals surface area (Å²) in [6, 6.07) is 0. The van der Waals surface area contributed by atoms with Gasteiger partial charge in [-0.25, -0.2) is 0 Å². The van der Waals surface area contributed by atoms with Crippen molar-refractivity contribution in [2.24, 2.45) is 5.92 Å². The Bertz CT molecular complexity index is 165.